The Kier molecular flexibility index (Phi) is 4.92. The van der Waals surface area contributed by atoms with E-state index in [9.17, 15) is 0 Å². The maximum Gasteiger partial charge on any atom is 0.142 e. The fraction of sp³-hybridized carbons (Fsp3) is 0.500. The summed E-state index contributed by atoms with van der Waals surface area (Å²) < 4.78 is 5.70. The Morgan fingerprint density at radius 3 is 2.73 bits per heavy atom. The average molecular weight is 228 g/mol. The molecule has 2 nitrogen and oxygen atoms in total. The predicted octanol–water partition coefficient (Wildman–Crippen LogP) is 3.24. The molecule has 1 aromatic carbocycles. The van der Waals surface area contributed by atoms with Gasteiger partial charge in [0.15, 0.2) is 0 Å². The Labute approximate surface area is 96.6 Å². The first-order valence-electron chi connectivity index (χ1n) is 5.30. The summed E-state index contributed by atoms with van der Waals surface area (Å²) in [5, 5.41) is 3.95. The molecule has 0 spiro atoms. The van der Waals surface area contributed by atoms with Crippen molar-refractivity contribution >= 4 is 11.6 Å². The van der Waals surface area contributed by atoms with Crippen molar-refractivity contribution in [1.82, 2.24) is 5.32 Å². The van der Waals surface area contributed by atoms with E-state index in [0.29, 0.717) is 5.02 Å². The number of hydrogen-bond acceptors (Lipinski definition) is 2. The van der Waals surface area contributed by atoms with Crippen molar-refractivity contribution in [2.75, 3.05) is 6.54 Å². The second-order valence-corrected chi connectivity index (χ2v) is 4.08. The van der Waals surface area contributed by atoms with Crippen molar-refractivity contribution in [2.45, 2.75) is 33.4 Å². The first-order valence-corrected chi connectivity index (χ1v) is 5.67. The summed E-state index contributed by atoms with van der Waals surface area (Å²) in [7, 11) is 0. The van der Waals surface area contributed by atoms with Gasteiger partial charge in [-0.25, -0.2) is 0 Å². The Morgan fingerprint density at radius 2 is 2.13 bits per heavy atom. The number of para-hydroxylation sites is 1. The predicted molar refractivity (Wildman–Crippen MR) is 64.6 cm³/mol. The van der Waals surface area contributed by atoms with E-state index in [1.165, 1.54) is 0 Å². The molecule has 0 atom stereocenters. The van der Waals surface area contributed by atoms with Gasteiger partial charge in [0.2, 0.25) is 0 Å². The van der Waals surface area contributed by atoms with Crippen LogP contribution in [0.25, 0.3) is 0 Å². The first kappa shape index (κ1) is 12.3. The Balaban J connectivity index is 2.87. The molecule has 0 heterocycles. The molecule has 0 saturated carbocycles. The average Bonchev–Trinajstić information content (AvgIpc) is 2.18. The third-order valence-electron chi connectivity index (χ3n) is 1.97. The smallest absolute Gasteiger partial charge is 0.142 e. The van der Waals surface area contributed by atoms with E-state index in [0.717, 1.165) is 24.4 Å². The monoisotopic (exact) mass is 227 g/mol. The summed E-state index contributed by atoms with van der Waals surface area (Å²) in [4.78, 5) is 0. The second-order valence-electron chi connectivity index (χ2n) is 3.68. The maximum absolute atomic E-state index is 6.10. The fourth-order valence-electron chi connectivity index (χ4n) is 1.32. The van der Waals surface area contributed by atoms with Crippen LogP contribution >= 0.6 is 11.6 Å². The van der Waals surface area contributed by atoms with Crippen molar-refractivity contribution in [3.8, 4) is 5.75 Å². The van der Waals surface area contributed by atoms with Crippen molar-refractivity contribution in [2.24, 2.45) is 0 Å². The molecule has 1 aromatic rings. The summed E-state index contributed by atoms with van der Waals surface area (Å²) in [6.45, 7) is 7.81. The summed E-state index contributed by atoms with van der Waals surface area (Å²) in [5.74, 6) is 0.801. The molecule has 0 bridgehead atoms. The number of halogens is 1. The third-order valence-corrected chi connectivity index (χ3v) is 2.27. The molecule has 0 aliphatic carbocycles. The normalized spacial score (nSPS) is 10.7. The number of rotatable bonds is 5. The first-order chi connectivity index (χ1) is 7.15. The molecule has 0 aliphatic rings. The third kappa shape index (κ3) is 3.73. The van der Waals surface area contributed by atoms with Crippen LogP contribution in [-0.4, -0.2) is 12.6 Å². The molecule has 0 saturated heterocycles. The minimum absolute atomic E-state index is 0.144. The highest BCUT2D eigenvalue weighted by molar-refractivity contribution is 6.32. The van der Waals surface area contributed by atoms with Crippen LogP contribution in [-0.2, 0) is 6.54 Å². The van der Waals surface area contributed by atoms with Crippen LogP contribution in [0.1, 0.15) is 26.3 Å². The van der Waals surface area contributed by atoms with Crippen molar-refractivity contribution in [3.05, 3.63) is 28.8 Å². The zero-order valence-corrected chi connectivity index (χ0v) is 10.3. The molecule has 1 rings (SSSR count). The Hall–Kier alpha value is -0.730. The van der Waals surface area contributed by atoms with E-state index in [4.69, 9.17) is 16.3 Å². The van der Waals surface area contributed by atoms with Crippen LogP contribution < -0.4 is 10.1 Å². The van der Waals surface area contributed by atoms with E-state index >= 15 is 0 Å². The van der Waals surface area contributed by atoms with Gasteiger partial charge >= 0.3 is 0 Å². The van der Waals surface area contributed by atoms with Crippen LogP contribution in [0.2, 0.25) is 5.02 Å². The van der Waals surface area contributed by atoms with Crippen molar-refractivity contribution in [1.29, 1.82) is 0 Å². The highest BCUT2D eigenvalue weighted by Gasteiger charge is 2.09. The zero-order valence-electron chi connectivity index (χ0n) is 9.51. The Morgan fingerprint density at radius 1 is 1.40 bits per heavy atom. The molecule has 3 heteroatoms. The van der Waals surface area contributed by atoms with Crippen LogP contribution in [0, 0.1) is 0 Å². The summed E-state index contributed by atoms with van der Waals surface area (Å²) in [6.07, 6.45) is 0.144. The van der Waals surface area contributed by atoms with Gasteiger partial charge in [-0.1, -0.05) is 30.7 Å². The summed E-state index contributed by atoms with van der Waals surface area (Å²) in [5.41, 5.74) is 1.11. The summed E-state index contributed by atoms with van der Waals surface area (Å²) >= 11 is 6.10. The van der Waals surface area contributed by atoms with Gasteiger partial charge in [0.25, 0.3) is 0 Å². The number of nitrogens with one attached hydrogen (secondary N) is 1. The Bertz CT molecular complexity index is 312. The fourth-order valence-corrected chi connectivity index (χ4v) is 1.56. The van der Waals surface area contributed by atoms with Crippen LogP contribution in [0.5, 0.6) is 5.75 Å². The van der Waals surface area contributed by atoms with Gasteiger partial charge in [0, 0.05) is 12.1 Å². The number of hydrogen-bond donors (Lipinski definition) is 1. The van der Waals surface area contributed by atoms with Gasteiger partial charge in [0.1, 0.15) is 5.75 Å². The number of benzene rings is 1. The molecular formula is C12H18ClNO. The highest BCUT2D eigenvalue weighted by atomic mass is 35.5. The topological polar surface area (TPSA) is 21.3 Å². The largest absolute Gasteiger partial charge is 0.489 e. The quantitative estimate of drug-likeness (QED) is 0.834. The van der Waals surface area contributed by atoms with Crippen molar-refractivity contribution < 1.29 is 4.74 Å². The molecule has 0 unspecified atom stereocenters. The van der Waals surface area contributed by atoms with Gasteiger partial charge in [-0.3, -0.25) is 0 Å². The molecule has 0 aromatic heterocycles. The van der Waals surface area contributed by atoms with Gasteiger partial charge in [-0.05, 0) is 26.5 Å². The number of ether oxygens (including phenoxy) is 1. The lowest BCUT2D eigenvalue weighted by Crippen LogP contribution is -2.14. The van der Waals surface area contributed by atoms with E-state index in [2.05, 4.69) is 12.2 Å². The summed E-state index contributed by atoms with van der Waals surface area (Å²) in [6, 6.07) is 5.84. The molecule has 0 radical (unpaired) electrons. The standard InChI is InChI=1S/C12H18ClNO/c1-4-14-8-10-6-5-7-11(13)12(10)15-9(2)3/h5-7,9,14H,4,8H2,1-3H3. The van der Waals surface area contributed by atoms with Gasteiger partial charge in [-0.2, -0.15) is 0 Å². The molecule has 84 valence electrons. The van der Waals surface area contributed by atoms with E-state index < -0.39 is 0 Å². The second kappa shape index (κ2) is 5.99. The molecule has 15 heavy (non-hydrogen) atoms. The van der Waals surface area contributed by atoms with Crippen LogP contribution in [0.4, 0.5) is 0 Å². The van der Waals surface area contributed by atoms with Crippen LogP contribution in [0.3, 0.4) is 0 Å². The lowest BCUT2D eigenvalue weighted by molar-refractivity contribution is 0.239. The molecule has 1 N–H and O–H groups in total. The SMILES string of the molecule is CCNCc1cccc(Cl)c1OC(C)C. The van der Waals surface area contributed by atoms with Gasteiger partial charge < -0.3 is 10.1 Å². The minimum atomic E-state index is 0.144. The maximum atomic E-state index is 6.10. The van der Waals surface area contributed by atoms with E-state index in [1.807, 2.05) is 32.0 Å². The van der Waals surface area contributed by atoms with Crippen molar-refractivity contribution in [3.63, 3.8) is 0 Å². The molecule has 0 amide bonds. The highest BCUT2D eigenvalue weighted by Crippen LogP contribution is 2.29. The minimum Gasteiger partial charge on any atom is -0.489 e. The zero-order chi connectivity index (χ0) is 11.3. The molecule has 0 fully saturated rings. The molecule has 0 aliphatic heterocycles. The van der Waals surface area contributed by atoms with E-state index in [-0.39, 0.29) is 6.10 Å². The van der Waals surface area contributed by atoms with Gasteiger partial charge in [-0.15, -0.1) is 0 Å². The lowest BCUT2D eigenvalue weighted by atomic mass is 10.2. The van der Waals surface area contributed by atoms with Crippen LogP contribution in [0.15, 0.2) is 18.2 Å². The molecular weight excluding hydrogens is 210 g/mol. The lowest BCUT2D eigenvalue weighted by Gasteiger charge is -2.15. The van der Waals surface area contributed by atoms with E-state index in [1.54, 1.807) is 0 Å². The van der Waals surface area contributed by atoms with Gasteiger partial charge in [0.05, 0.1) is 11.1 Å².